The predicted molar refractivity (Wildman–Crippen MR) is 87.2 cm³/mol. The second kappa shape index (κ2) is 4.14. The SMILES string of the molecule is CN1Cc2cc(O)ccc2[C@@H]2c3cccc4[nH]cc(c34)C[C@H]21. The van der Waals surface area contributed by atoms with Crippen molar-refractivity contribution in [2.75, 3.05) is 7.05 Å². The first kappa shape index (κ1) is 12.3. The molecule has 0 radical (unpaired) electrons. The van der Waals surface area contributed by atoms with E-state index in [0.717, 1.165) is 13.0 Å². The number of aromatic hydroxyl groups is 1. The molecule has 3 aromatic rings. The molecule has 2 atom stereocenters. The van der Waals surface area contributed by atoms with Crippen molar-refractivity contribution in [1.82, 2.24) is 9.88 Å². The van der Waals surface area contributed by atoms with Gasteiger partial charge in [0.15, 0.2) is 0 Å². The first-order valence-corrected chi connectivity index (χ1v) is 7.83. The molecule has 2 N–H and O–H groups in total. The van der Waals surface area contributed by atoms with Crippen molar-refractivity contribution >= 4 is 10.9 Å². The van der Waals surface area contributed by atoms with E-state index in [1.54, 1.807) is 0 Å². The zero-order chi connectivity index (χ0) is 14.8. The Hall–Kier alpha value is -2.26. The maximum absolute atomic E-state index is 9.82. The van der Waals surface area contributed by atoms with Crippen molar-refractivity contribution in [3.05, 3.63) is 64.8 Å². The van der Waals surface area contributed by atoms with Crippen LogP contribution in [0, 0.1) is 0 Å². The Labute approximate surface area is 129 Å². The van der Waals surface area contributed by atoms with Crippen LogP contribution in [0.25, 0.3) is 10.9 Å². The quantitative estimate of drug-likeness (QED) is 0.666. The van der Waals surface area contributed by atoms with Crippen molar-refractivity contribution in [1.29, 1.82) is 0 Å². The molecule has 3 heteroatoms. The molecule has 2 aliphatic rings. The average molecular weight is 290 g/mol. The van der Waals surface area contributed by atoms with Crippen LogP contribution >= 0.6 is 0 Å². The maximum Gasteiger partial charge on any atom is 0.115 e. The summed E-state index contributed by atoms with van der Waals surface area (Å²) >= 11 is 0. The lowest BCUT2D eigenvalue weighted by Crippen LogP contribution is -2.44. The van der Waals surface area contributed by atoms with Gasteiger partial charge in [0.25, 0.3) is 0 Å². The molecule has 1 aromatic heterocycles. The van der Waals surface area contributed by atoms with Crippen LogP contribution in [0.3, 0.4) is 0 Å². The van der Waals surface area contributed by atoms with E-state index in [0.29, 0.717) is 17.7 Å². The summed E-state index contributed by atoms with van der Waals surface area (Å²) in [6, 6.07) is 12.9. The summed E-state index contributed by atoms with van der Waals surface area (Å²) < 4.78 is 0. The number of rotatable bonds is 0. The molecule has 0 fully saturated rings. The highest BCUT2D eigenvalue weighted by Crippen LogP contribution is 2.46. The van der Waals surface area contributed by atoms with Crippen LogP contribution in [0.15, 0.2) is 42.6 Å². The van der Waals surface area contributed by atoms with E-state index in [2.05, 4.69) is 47.4 Å². The zero-order valence-electron chi connectivity index (χ0n) is 12.5. The van der Waals surface area contributed by atoms with Gasteiger partial charge in [-0.05, 0) is 53.9 Å². The topological polar surface area (TPSA) is 39.3 Å². The molecule has 3 nitrogen and oxygen atoms in total. The molecule has 0 spiro atoms. The molecule has 0 amide bonds. The molecule has 1 aliphatic carbocycles. The number of phenolic OH excluding ortho intramolecular Hbond substituents is 1. The highest BCUT2D eigenvalue weighted by molar-refractivity contribution is 5.89. The predicted octanol–water partition coefficient (Wildman–Crippen LogP) is 3.38. The molecule has 5 rings (SSSR count). The van der Waals surface area contributed by atoms with Crippen LogP contribution in [-0.2, 0) is 13.0 Å². The fourth-order valence-corrected chi connectivity index (χ4v) is 4.46. The van der Waals surface area contributed by atoms with Gasteiger partial charge in [-0.2, -0.15) is 0 Å². The number of aromatic nitrogens is 1. The maximum atomic E-state index is 9.82. The molecule has 2 heterocycles. The van der Waals surface area contributed by atoms with Gasteiger partial charge in [-0.1, -0.05) is 18.2 Å². The first-order valence-electron chi connectivity index (χ1n) is 7.83. The summed E-state index contributed by atoms with van der Waals surface area (Å²) in [5.41, 5.74) is 6.71. The Balaban J connectivity index is 1.82. The van der Waals surface area contributed by atoms with Crippen molar-refractivity contribution in [2.45, 2.75) is 24.9 Å². The van der Waals surface area contributed by atoms with Crippen LogP contribution in [0.4, 0.5) is 0 Å². The van der Waals surface area contributed by atoms with Crippen LogP contribution in [0.2, 0.25) is 0 Å². The summed E-state index contributed by atoms with van der Waals surface area (Å²) in [6.07, 6.45) is 3.25. The largest absolute Gasteiger partial charge is 0.508 e. The Kier molecular flexibility index (Phi) is 2.32. The summed E-state index contributed by atoms with van der Waals surface area (Å²) in [5.74, 6) is 0.753. The van der Waals surface area contributed by atoms with E-state index in [9.17, 15) is 5.11 Å². The smallest absolute Gasteiger partial charge is 0.115 e. The molecule has 2 aromatic carbocycles. The van der Waals surface area contributed by atoms with Gasteiger partial charge in [-0.15, -0.1) is 0 Å². The Morgan fingerprint density at radius 3 is 2.95 bits per heavy atom. The lowest BCUT2D eigenvalue weighted by molar-refractivity contribution is 0.193. The van der Waals surface area contributed by atoms with Gasteiger partial charge in [0.05, 0.1) is 0 Å². The number of likely N-dealkylation sites (N-methyl/N-ethyl adjacent to an activating group) is 1. The number of hydrogen-bond acceptors (Lipinski definition) is 2. The normalized spacial score (nSPS) is 23.3. The lowest BCUT2D eigenvalue weighted by Gasteiger charge is -2.43. The lowest BCUT2D eigenvalue weighted by atomic mass is 9.72. The van der Waals surface area contributed by atoms with Gasteiger partial charge in [0.2, 0.25) is 0 Å². The number of hydrogen-bond donors (Lipinski definition) is 2. The van der Waals surface area contributed by atoms with E-state index < -0.39 is 0 Å². The average Bonchev–Trinajstić information content (AvgIpc) is 2.92. The Morgan fingerprint density at radius 2 is 2.05 bits per heavy atom. The van der Waals surface area contributed by atoms with E-state index in [1.807, 2.05) is 12.1 Å². The van der Waals surface area contributed by atoms with Crippen molar-refractivity contribution in [3.63, 3.8) is 0 Å². The number of phenols is 1. The van der Waals surface area contributed by atoms with Crippen molar-refractivity contribution in [2.24, 2.45) is 0 Å². The van der Waals surface area contributed by atoms with Crippen LogP contribution in [0.1, 0.15) is 28.2 Å². The van der Waals surface area contributed by atoms with Gasteiger partial charge in [-0.3, -0.25) is 4.90 Å². The van der Waals surface area contributed by atoms with E-state index >= 15 is 0 Å². The summed E-state index contributed by atoms with van der Waals surface area (Å²) in [4.78, 5) is 5.85. The second-order valence-electron chi connectivity index (χ2n) is 6.63. The highest BCUT2D eigenvalue weighted by atomic mass is 16.3. The fraction of sp³-hybridized carbons (Fsp3) is 0.263. The Bertz CT molecular complexity index is 896. The van der Waals surface area contributed by atoms with Crippen LogP contribution in [-0.4, -0.2) is 28.1 Å². The number of aromatic amines is 1. The molecule has 22 heavy (non-hydrogen) atoms. The van der Waals surface area contributed by atoms with Gasteiger partial charge in [0, 0.05) is 35.6 Å². The number of benzene rings is 2. The van der Waals surface area contributed by atoms with Gasteiger partial charge in [0.1, 0.15) is 5.75 Å². The number of H-pyrrole nitrogens is 1. The molecule has 110 valence electrons. The summed E-state index contributed by atoms with van der Waals surface area (Å²) in [5, 5.41) is 11.2. The minimum absolute atomic E-state index is 0.363. The number of nitrogens with zero attached hydrogens (tertiary/aromatic N) is 1. The highest BCUT2D eigenvalue weighted by Gasteiger charge is 2.38. The third kappa shape index (κ3) is 1.49. The van der Waals surface area contributed by atoms with E-state index in [4.69, 9.17) is 0 Å². The monoisotopic (exact) mass is 290 g/mol. The van der Waals surface area contributed by atoms with Gasteiger partial charge < -0.3 is 10.1 Å². The zero-order valence-corrected chi connectivity index (χ0v) is 12.5. The Morgan fingerprint density at radius 1 is 1.14 bits per heavy atom. The third-order valence-electron chi connectivity index (χ3n) is 5.42. The molecule has 0 saturated carbocycles. The number of fused-ring (bicyclic) bond motifs is 4. The second-order valence-corrected chi connectivity index (χ2v) is 6.63. The van der Waals surface area contributed by atoms with Gasteiger partial charge >= 0.3 is 0 Å². The fourth-order valence-electron chi connectivity index (χ4n) is 4.46. The van der Waals surface area contributed by atoms with Crippen LogP contribution in [0.5, 0.6) is 5.75 Å². The molecular weight excluding hydrogens is 272 g/mol. The summed E-state index contributed by atoms with van der Waals surface area (Å²) in [6.45, 7) is 0.903. The van der Waals surface area contributed by atoms with Crippen LogP contribution < -0.4 is 0 Å². The van der Waals surface area contributed by atoms with Gasteiger partial charge in [-0.25, -0.2) is 0 Å². The standard InChI is InChI=1S/C19H18N2O/c1-21-10-12-7-13(22)5-6-14(12)19-15-3-2-4-16-18(15)11(9-20-16)8-17(19)21/h2-7,9,17,19-20,22H,8,10H2,1H3/t17-,19-/m1/s1. The molecular formula is C19H18N2O. The number of nitrogens with one attached hydrogen (secondary N) is 1. The van der Waals surface area contributed by atoms with E-state index in [1.165, 1.54) is 33.2 Å². The minimum atomic E-state index is 0.363. The molecule has 0 unspecified atom stereocenters. The minimum Gasteiger partial charge on any atom is -0.508 e. The van der Waals surface area contributed by atoms with E-state index in [-0.39, 0.29) is 0 Å². The van der Waals surface area contributed by atoms with Crippen molar-refractivity contribution < 1.29 is 5.11 Å². The third-order valence-corrected chi connectivity index (χ3v) is 5.42. The van der Waals surface area contributed by atoms with Crippen molar-refractivity contribution in [3.8, 4) is 5.75 Å². The molecule has 1 aliphatic heterocycles. The molecule has 0 bridgehead atoms. The summed E-state index contributed by atoms with van der Waals surface area (Å²) in [7, 11) is 2.20. The first-order chi connectivity index (χ1) is 10.7. The molecule has 0 saturated heterocycles.